The van der Waals surface area contributed by atoms with E-state index < -0.39 is 5.91 Å². The summed E-state index contributed by atoms with van der Waals surface area (Å²) in [6.07, 6.45) is 1.35. The molecule has 3 N–H and O–H groups in total. The number of aromatic amines is 2. The number of hydrogen-bond donors (Lipinski definition) is 3. The third kappa shape index (κ3) is 4.19. The molecule has 1 heterocycles. The summed E-state index contributed by atoms with van der Waals surface area (Å²) in [4.78, 5) is 23.5. The zero-order valence-electron chi connectivity index (χ0n) is 14.4. The molecule has 9 heteroatoms. The van der Waals surface area contributed by atoms with Crippen LogP contribution in [-0.2, 0) is 11.2 Å². The van der Waals surface area contributed by atoms with Gasteiger partial charge in [0.25, 0.3) is 5.56 Å². The largest absolute Gasteiger partial charge is 0.496 e. The Morgan fingerprint density at radius 1 is 1.12 bits per heavy atom. The highest BCUT2D eigenvalue weighted by molar-refractivity contribution is 5.87. The number of hydrazone groups is 1. The lowest BCUT2D eigenvalue weighted by molar-refractivity contribution is -0.120. The standard InChI is InChI=1S/C16H20N4O5/c1-9-11(16(22)20-18-9)6-15(21)19-17-8-10-5-13(24-3)14(25-4)7-12(10)23-2/h5,7-8H,6H2,1-4H3,(H,19,21)(H2,18,20,22)/b17-8-. The van der Waals surface area contributed by atoms with Crippen molar-refractivity contribution >= 4 is 12.1 Å². The minimum atomic E-state index is -0.413. The first-order chi connectivity index (χ1) is 12.0. The van der Waals surface area contributed by atoms with E-state index in [1.54, 1.807) is 19.1 Å². The number of carbonyl (C=O) groups excluding carboxylic acids is 1. The van der Waals surface area contributed by atoms with Crippen LogP contribution in [0.2, 0.25) is 0 Å². The number of H-pyrrole nitrogens is 2. The Kier molecular flexibility index (Phi) is 5.83. The van der Waals surface area contributed by atoms with Gasteiger partial charge in [0.05, 0.1) is 34.0 Å². The van der Waals surface area contributed by atoms with Crippen LogP contribution in [0.5, 0.6) is 17.2 Å². The number of ether oxygens (including phenoxy) is 3. The van der Waals surface area contributed by atoms with Crippen molar-refractivity contribution in [2.75, 3.05) is 21.3 Å². The summed E-state index contributed by atoms with van der Waals surface area (Å²) < 4.78 is 15.7. The van der Waals surface area contributed by atoms with Gasteiger partial charge >= 0.3 is 0 Å². The lowest BCUT2D eigenvalue weighted by atomic mass is 10.2. The predicted octanol–water partition coefficient (Wildman–Crippen LogP) is 0.730. The Balaban J connectivity index is 2.11. The van der Waals surface area contributed by atoms with E-state index in [4.69, 9.17) is 14.2 Å². The van der Waals surface area contributed by atoms with Gasteiger partial charge in [0.2, 0.25) is 5.91 Å². The SMILES string of the molecule is COc1cc(OC)c(OC)cc1/C=N\NC(=O)Cc1c(C)[nH][nH]c1=O. The van der Waals surface area contributed by atoms with Crippen molar-refractivity contribution in [2.45, 2.75) is 13.3 Å². The molecule has 0 fully saturated rings. The second-order valence-electron chi connectivity index (χ2n) is 5.10. The van der Waals surface area contributed by atoms with Crippen molar-refractivity contribution in [3.63, 3.8) is 0 Å². The molecule has 25 heavy (non-hydrogen) atoms. The number of amides is 1. The number of rotatable bonds is 7. The van der Waals surface area contributed by atoms with Crippen LogP contribution in [0.3, 0.4) is 0 Å². The van der Waals surface area contributed by atoms with E-state index in [2.05, 4.69) is 20.7 Å². The highest BCUT2D eigenvalue weighted by Crippen LogP contribution is 2.33. The Labute approximate surface area is 144 Å². The zero-order chi connectivity index (χ0) is 18.4. The number of benzene rings is 1. The second kappa shape index (κ2) is 8.04. The summed E-state index contributed by atoms with van der Waals surface area (Å²) in [7, 11) is 4.55. The van der Waals surface area contributed by atoms with Crippen LogP contribution in [0.25, 0.3) is 0 Å². The van der Waals surface area contributed by atoms with Gasteiger partial charge in [-0.05, 0) is 13.0 Å². The number of methoxy groups -OCH3 is 3. The van der Waals surface area contributed by atoms with Gasteiger partial charge in [-0.3, -0.25) is 14.7 Å². The fourth-order valence-electron chi connectivity index (χ4n) is 2.21. The fraction of sp³-hybridized carbons (Fsp3) is 0.312. The number of nitrogens with zero attached hydrogens (tertiary/aromatic N) is 1. The van der Waals surface area contributed by atoms with E-state index in [9.17, 15) is 9.59 Å². The molecule has 134 valence electrons. The van der Waals surface area contributed by atoms with Crippen LogP contribution in [0.15, 0.2) is 22.0 Å². The molecule has 1 aromatic carbocycles. The second-order valence-corrected chi connectivity index (χ2v) is 5.10. The van der Waals surface area contributed by atoms with Crippen molar-refractivity contribution < 1.29 is 19.0 Å². The smallest absolute Gasteiger partial charge is 0.267 e. The molecule has 2 rings (SSSR count). The summed E-state index contributed by atoms with van der Waals surface area (Å²) in [6, 6.07) is 3.33. The molecule has 0 spiro atoms. The zero-order valence-corrected chi connectivity index (χ0v) is 14.4. The summed E-state index contributed by atoms with van der Waals surface area (Å²) in [5.74, 6) is 1.12. The van der Waals surface area contributed by atoms with Gasteiger partial charge in [-0.1, -0.05) is 0 Å². The molecule has 0 bridgehead atoms. The van der Waals surface area contributed by atoms with Crippen LogP contribution in [0, 0.1) is 6.92 Å². The Hall–Kier alpha value is -3.23. The van der Waals surface area contributed by atoms with Gasteiger partial charge in [0, 0.05) is 22.9 Å². The van der Waals surface area contributed by atoms with E-state index in [0.29, 0.717) is 34.1 Å². The number of carbonyl (C=O) groups is 1. The Morgan fingerprint density at radius 3 is 2.32 bits per heavy atom. The van der Waals surface area contributed by atoms with Gasteiger partial charge < -0.3 is 19.3 Å². The lowest BCUT2D eigenvalue weighted by Crippen LogP contribution is -2.23. The third-order valence-corrected chi connectivity index (χ3v) is 3.56. The van der Waals surface area contributed by atoms with Crippen molar-refractivity contribution in [1.82, 2.24) is 15.6 Å². The van der Waals surface area contributed by atoms with Gasteiger partial charge in [0.1, 0.15) is 5.75 Å². The number of nitrogens with one attached hydrogen (secondary N) is 3. The highest BCUT2D eigenvalue weighted by atomic mass is 16.5. The van der Waals surface area contributed by atoms with Crippen molar-refractivity contribution in [2.24, 2.45) is 5.10 Å². The fourth-order valence-corrected chi connectivity index (χ4v) is 2.21. The number of aromatic nitrogens is 2. The maximum Gasteiger partial charge on any atom is 0.267 e. The molecule has 0 saturated carbocycles. The van der Waals surface area contributed by atoms with Gasteiger partial charge in [-0.15, -0.1) is 0 Å². The van der Waals surface area contributed by atoms with Crippen LogP contribution in [0.1, 0.15) is 16.8 Å². The average Bonchev–Trinajstić information content (AvgIpc) is 2.93. The molecule has 0 atom stereocenters. The maximum atomic E-state index is 11.9. The number of aryl methyl sites for hydroxylation is 1. The van der Waals surface area contributed by atoms with E-state index in [1.807, 2.05) is 0 Å². The molecule has 1 amide bonds. The molecule has 9 nitrogen and oxygen atoms in total. The third-order valence-electron chi connectivity index (χ3n) is 3.56. The normalized spacial score (nSPS) is 10.7. The van der Waals surface area contributed by atoms with E-state index in [1.165, 1.54) is 27.5 Å². The molecule has 2 aromatic rings. The number of hydrogen-bond acceptors (Lipinski definition) is 6. The highest BCUT2D eigenvalue weighted by Gasteiger charge is 2.12. The molecule has 0 aliphatic rings. The first-order valence-corrected chi connectivity index (χ1v) is 7.38. The average molecular weight is 348 g/mol. The van der Waals surface area contributed by atoms with E-state index >= 15 is 0 Å². The molecule has 0 radical (unpaired) electrons. The predicted molar refractivity (Wildman–Crippen MR) is 91.7 cm³/mol. The monoisotopic (exact) mass is 348 g/mol. The molecule has 0 aliphatic heterocycles. The van der Waals surface area contributed by atoms with Crippen LogP contribution >= 0.6 is 0 Å². The Bertz CT molecular complexity index is 838. The van der Waals surface area contributed by atoms with Crippen LogP contribution in [0.4, 0.5) is 0 Å². The summed E-state index contributed by atoms with van der Waals surface area (Å²) in [5.41, 5.74) is 3.64. The van der Waals surface area contributed by atoms with E-state index in [-0.39, 0.29) is 12.0 Å². The molecule has 1 aromatic heterocycles. The Morgan fingerprint density at radius 2 is 1.76 bits per heavy atom. The topological polar surface area (TPSA) is 118 Å². The first kappa shape index (κ1) is 18.1. The summed E-state index contributed by atoms with van der Waals surface area (Å²) >= 11 is 0. The summed E-state index contributed by atoms with van der Waals surface area (Å²) in [6.45, 7) is 1.71. The van der Waals surface area contributed by atoms with Crippen LogP contribution in [-0.4, -0.2) is 43.6 Å². The lowest BCUT2D eigenvalue weighted by Gasteiger charge is -2.11. The molecular weight excluding hydrogens is 328 g/mol. The van der Waals surface area contributed by atoms with Crippen molar-refractivity contribution in [3.8, 4) is 17.2 Å². The summed E-state index contributed by atoms with van der Waals surface area (Å²) in [5, 5.41) is 8.98. The maximum absolute atomic E-state index is 11.9. The van der Waals surface area contributed by atoms with E-state index in [0.717, 1.165) is 0 Å². The van der Waals surface area contributed by atoms with Crippen molar-refractivity contribution in [3.05, 3.63) is 39.3 Å². The van der Waals surface area contributed by atoms with Crippen LogP contribution < -0.4 is 25.2 Å². The van der Waals surface area contributed by atoms with Gasteiger partial charge in [0.15, 0.2) is 11.5 Å². The minimum Gasteiger partial charge on any atom is -0.496 e. The van der Waals surface area contributed by atoms with Crippen molar-refractivity contribution in [1.29, 1.82) is 0 Å². The van der Waals surface area contributed by atoms with Gasteiger partial charge in [-0.2, -0.15) is 5.10 Å². The molecule has 0 unspecified atom stereocenters. The molecule has 0 saturated heterocycles. The quantitative estimate of drug-likeness (QED) is 0.504. The molecule has 0 aliphatic carbocycles. The first-order valence-electron chi connectivity index (χ1n) is 7.38. The van der Waals surface area contributed by atoms with Gasteiger partial charge in [-0.25, -0.2) is 5.43 Å². The minimum absolute atomic E-state index is 0.0783. The molecular formula is C16H20N4O5.